The van der Waals surface area contributed by atoms with Crippen molar-refractivity contribution < 1.29 is 4.74 Å². The molecule has 0 fully saturated rings. The highest BCUT2D eigenvalue weighted by molar-refractivity contribution is 5.80. The van der Waals surface area contributed by atoms with E-state index < -0.39 is 0 Å². The Balaban J connectivity index is 2.09. The number of nitrogens with zero attached hydrogens (tertiary/aromatic N) is 1. The Labute approximate surface area is 141 Å². The van der Waals surface area contributed by atoms with Gasteiger partial charge in [-0.2, -0.15) is 0 Å². The fourth-order valence-electron chi connectivity index (χ4n) is 2.11. The first-order valence-electron chi connectivity index (χ1n) is 8.69. The summed E-state index contributed by atoms with van der Waals surface area (Å²) in [6.45, 7) is 11.8. The zero-order valence-corrected chi connectivity index (χ0v) is 15.2. The molecule has 0 atom stereocenters. The summed E-state index contributed by atoms with van der Waals surface area (Å²) in [6.07, 6.45) is 3.08. The van der Waals surface area contributed by atoms with Gasteiger partial charge in [0.1, 0.15) is 0 Å². The lowest BCUT2D eigenvalue weighted by Gasteiger charge is -2.23. The van der Waals surface area contributed by atoms with Crippen molar-refractivity contribution in [2.24, 2.45) is 4.99 Å². The highest BCUT2D eigenvalue weighted by Crippen LogP contribution is 2.01. The molecule has 1 rings (SSSR count). The first-order chi connectivity index (χ1) is 11.0. The van der Waals surface area contributed by atoms with Gasteiger partial charge in [0.05, 0.1) is 6.61 Å². The van der Waals surface area contributed by atoms with E-state index in [1.54, 1.807) is 0 Å². The maximum Gasteiger partial charge on any atom is 0.191 e. The molecule has 0 aliphatic carbocycles. The minimum atomic E-state index is 0.0293. The van der Waals surface area contributed by atoms with E-state index >= 15 is 0 Å². The summed E-state index contributed by atoms with van der Waals surface area (Å²) in [5, 5.41) is 6.67. The molecule has 0 aliphatic heterocycles. The number of guanidine groups is 1. The maximum atomic E-state index is 5.69. The maximum absolute atomic E-state index is 5.69. The van der Waals surface area contributed by atoms with Crippen LogP contribution in [0.15, 0.2) is 35.3 Å². The topological polar surface area (TPSA) is 45.7 Å². The van der Waals surface area contributed by atoms with Crippen molar-refractivity contribution in [2.45, 2.75) is 52.5 Å². The van der Waals surface area contributed by atoms with Crippen LogP contribution in [-0.4, -0.2) is 37.8 Å². The van der Waals surface area contributed by atoms with E-state index in [4.69, 9.17) is 4.74 Å². The monoisotopic (exact) mass is 319 g/mol. The molecule has 0 aliphatic rings. The Kier molecular flexibility index (Phi) is 9.37. The van der Waals surface area contributed by atoms with Gasteiger partial charge in [-0.1, -0.05) is 30.3 Å². The van der Waals surface area contributed by atoms with Crippen LogP contribution in [0, 0.1) is 0 Å². The van der Waals surface area contributed by atoms with Gasteiger partial charge in [-0.05, 0) is 52.5 Å². The van der Waals surface area contributed by atoms with E-state index in [2.05, 4.69) is 67.6 Å². The Morgan fingerprint density at radius 3 is 2.48 bits per heavy atom. The molecular weight excluding hydrogens is 286 g/mol. The fraction of sp³-hybridized carbons (Fsp3) is 0.632. The SMILES string of the molecule is CCNC(=NCCCCOCCc1ccccc1)NC(C)(C)C. The largest absolute Gasteiger partial charge is 0.381 e. The van der Waals surface area contributed by atoms with Crippen molar-refractivity contribution >= 4 is 5.96 Å². The Morgan fingerprint density at radius 2 is 1.83 bits per heavy atom. The molecular formula is C19H33N3O. The highest BCUT2D eigenvalue weighted by Gasteiger charge is 2.11. The first kappa shape index (κ1) is 19.5. The molecule has 0 spiro atoms. The number of rotatable bonds is 9. The van der Waals surface area contributed by atoms with Crippen molar-refractivity contribution in [3.63, 3.8) is 0 Å². The summed E-state index contributed by atoms with van der Waals surface area (Å²) in [5.41, 5.74) is 1.36. The average Bonchev–Trinajstić information content (AvgIpc) is 2.49. The second kappa shape index (κ2) is 11.1. The Bertz CT molecular complexity index is 438. The van der Waals surface area contributed by atoms with Crippen LogP contribution in [0.2, 0.25) is 0 Å². The van der Waals surface area contributed by atoms with E-state index in [1.807, 2.05) is 6.07 Å². The summed E-state index contributed by atoms with van der Waals surface area (Å²) in [6, 6.07) is 10.5. The molecule has 0 unspecified atom stereocenters. The zero-order chi connectivity index (χ0) is 17.0. The number of hydrogen-bond acceptors (Lipinski definition) is 2. The summed E-state index contributed by atoms with van der Waals surface area (Å²) < 4.78 is 5.69. The summed E-state index contributed by atoms with van der Waals surface area (Å²) >= 11 is 0. The fourth-order valence-corrected chi connectivity index (χ4v) is 2.11. The van der Waals surface area contributed by atoms with E-state index in [-0.39, 0.29) is 5.54 Å². The van der Waals surface area contributed by atoms with Crippen molar-refractivity contribution in [3.05, 3.63) is 35.9 Å². The first-order valence-corrected chi connectivity index (χ1v) is 8.69. The molecule has 4 nitrogen and oxygen atoms in total. The molecule has 0 heterocycles. The molecule has 4 heteroatoms. The van der Waals surface area contributed by atoms with Crippen LogP contribution in [0.3, 0.4) is 0 Å². The Hall–Kier alpha value is -1.55. The summed E-state index contributed by atoms with van der Waals surface area (Å²) in [7, 11) is 0. The lowest BCUT2D eigenvalue weighted by molar-refractivity contribution is 0.134. The third kappa shape index (κ3) is 10.7. The summed E-state index contributed by atoms with van der Waals surface area (Å²) in [5.74, 6) is 0.894. The van der Waals surface area contributed by atoms with Crippen molar-refractivity contribution in [2.75, 3.05) is 26.3 Å². The quantitative estimate of drug-likeness (QED) is 0.417. The Morgan fingerprint density at radius 1 is 1.09 bits per heavy atom. The van der Waals surface area contributed by atoms with Gasteiger partial charge in [-0.3, -0.25) is 4.99 Å². The van der Waals surface area contributed by atoms with Gasteiger partial charge in [-0.25, -0.2) is 0 Å². The predicted molar refractivity (Wildman–Crippen MR) is 99.1 cm³/mol. The van der Waals surface area contributed by atoms with Crippen LogP contribution in [0.1, 0.15) is 46.1 Å². The summed E-state index contributed by atoms with van der Waals surface area (Å²) in [4.78, 5) is 4.60. The lowest BCUT2D eigenvalue weighted by Crippen LogP contribution is -2.47. The minimum absolute atomic E-state index is 0.0293. The molecule has 1 aromatic rings. The number of aliphatic imine (C=N–C) groups is 1. The van der Waals surface area contributed by atoms with E-state index in [0.717, 1.165) is 51.5 Å². The van der Waals surface area contributed by atoms with Gasteiger partial charge in [0.15, 0.2) is 5.96 Å². The number of hydrogen-bond donors (Lipinski definition) is 2. The molecule has 2 N–H and O–H groups in total. The van der Waals surface area contributed by atoms with Crippen LogP contribution in [-0.2, 0) is 11.2 Å². The predicted octanol–water partition coefficient (Wildman–Crippen LogP) is 3.38. The van der Waals surface area contributed by atoms with Gasteiger partial charge in [-0.15, -0.1) is 0 Å². The standard InChI is InChI=1S/C19H33N3O/c1-5-20-18(22-19(2,3)4)21-14-9-10-15-23-16-13-17-11-7-6-8-12-17/h6-8,11-12H,5,9-10,13-16H2,1-4H3,(H2,20,21,22). The lowest BCUT2D eigenvalue weighted by atomic mass is 10.1. The van der Waals surface area contributed by atoms with E-state index in [1.165, 1.54) is 5.56 Å². The third-order valence-electron chi connectivity index (χ3n) is 3.18. The number of benzene rings is 1. The molecule has 0 saturated heterocycles. The second-order valence-corrected chi connectivity index (χ2v) is 6.69. The number of ether oxygens (including phenoxy) is 1. The van der Waals surface area contributed by atoms with Crippen LogP contribution in [0.25, 0.3) is 0 Å². The van der Waals surface area contributed by atoms with Gasteiger partial charge >= 0.3 is 0 Å². The van der Waals surface area contributed by atoms with Crippen molar-refractivity contribution in [1.29, 1.82) is 0 Å². The third-order valence-corrected chi connectivity index (χ3v) is 3.18. The van der Waals surface area contributed by atoms with E-state index in [0.29, 0.717) is 0 Å². The molecule has 0 aromatic heterocycles. The van der Waals surface area contributed by atoms with Crippen LogP contribution in [0.4, 0.5) is 0 Å². The smallest absolute Gasteiger partial charge is 0.191 e. The molecule has 130 valence electrons. The normalized spacial score (nSPS) is 12.3. The second-order valence-electron chi connectivity index (χ2n) is 6.69. The van der Waals surface area contributed by atoms with Crippen LogP contribution < -0.4 is 10.6 Å². The van der Waals surface area contributed by atoms with Gasteiger partial charge in [0.25, 0.3) is 0 Å². The highest BCUT2D eigenvalue weighted by atomic mass is 16.5. The average molecular weight is 319 g/mol. The molecule has 0 amide bonds. The van der Waals surface area contributed by atoms with Crippen LogP contribution in [0.5, 0.6) is 0 Å². The number of unbranched alkanes of at least 4 members (excludes halogenated alkanes) is 1. The minimum Gasteiger partial charge on any atom is -0.381 e. The van der Waals surface area contributed by atoms with Gasteiger partial charge in [0.2, 0.25) is 0 Å². The van der Waals surface area contributed by atoms with Crippen molar-refractivity contribution in [3.8, 4) is 0 Å². The molecule has 0 radical (unpaired) electrons. The molecule has 1 aromatic carbocycles. The van der Waals surface area contributed by atoms with Gasteiger partial charge < -0.3 is 15.4 Å². The number of nitrogens with one attached hydrogen (secondary N) is 2. The molecule has 0 bridgehead atoms. The molecule has 23 heavy (non-hydrogen) atoms. The van der Waals surface area contributed by atoms with Crippen LogP contribution >= 0.6 is 0 Å². The van der Waals surface area contributed by atoms with E-state index in [9.17, 15) is 0 Å². The zero-order valence-electron chi connectivity index (χ0n) is 15.2. The van der Waals surface area contributed by atoms with Crippen molar-refractivity contribution in [1.82, 2.24) is 10.6 Å². The van der Waals surface area contributed by atoms with Gasteiger partial charge in [0, 0.05) is 25.2 Å². The molecule has 0 saturated carbocycles.